The van der Waals surface area contributed by atoms with Gasteiger partial charge < -0.3 is 9.80 Å². The molecule has 2 saturated heterocycles. The number of halogens is 1. The van der Waals surface area contributed by atoms with Gasteiger partial charge in [-0.2, -0.15) is 0 Å². The molecule has 2 aromatic carbocycles. The summed E-state index contributed by atoms with van der Waals surface area (Å²) in [5, 5.41) is 0.706. The van der Waals surface area contributed by atoms with Gasteiger partial charge in [-0.15, -0.1) is 0 Å². The molecule has 6 nitrogen and oxygen atoms in total. The second-order valence-corrected chi connectivity index (χ2v) is 9.50. The van der Waals surface area contributed by atoms with Gasteiger partial charge in [0.2, 0.25) is 10.0 Å². The average Bonchev–Trinajstić information content (AvgIpc) is 3.07. The van der Waals surface area contributed by atoms with E-state index >= 15 is 0 Å². The fourth-order valence-electron chi connectivity index (χ4n) is 3.73. The molecule has 0 saturated carbocycles. The van der Waals surface area contributed by atoms with Gasteiger partial charge in [0.25, 0.3) is 5.91 Å². The summed E-state index contributed by atoms with van der Waals surface area (Å²) < 4.78 is 25.7. The average molecular weight is 420 g/mol. The largest absolute Gasteiger partial charge is 0.368 e. The molecule has 8 heteroatoms. The van der Waals surface area contributed by atoms with Crippen molar-refractivity contribution in [2.24, 2.45) is 0 Å². The van der Waals surface area contributed by atoms with Gasteiger partial charge in [0.1, 0.15) is 0 Å². The van der Waals surface area contributed by atoms with Gasteiger partial charge in [-0.25, -0.2) is 8.42 Å². The first-order valence-electron chi connectivity index (χ1n) is 9.34. The molecule has 28 heavy (non-hydrogen) atoms. The van der Waals surface area contributed by atoms with Gasteiger partial charge in [-0.05, 0) is 48.9 Å². The van der Waals surface area contributed by atoms with E-state index in [1.165, 1.54) is 4.31 Å². The molecule has 0 N–H and O–H groups in total. The minimum Gasteiger partial charge on any atom is -0.368 e. The van der Waals surface area contributed by atoms with Gasteiger partial charge in [0.15, 0.2) is 0 Å². The van der Waals surface area contributed by atoms with Crippen LogP contribution in [-0.2, 0) is 10.0 Å². The molecule has 2 aliphatic rings. The zero-order valence-corrected chi connectivity index (χ0v) is 17.0. The Morgan fingerprint density at radius 3 is 2.25 bits per heavy atom. The molecule has 0 bridgehead atoms. The summed E-state index contributed by atoms with van der Waals surface area (Å²) in [6.07, 6.45) is 0.618. The van der Waals surface area contributed by atoms with Crippen molar-refractivity contribution in [3.63, 3.8) is 0 Å². The van der Waals surface area contributed by atoms with Crippen molar-refractivity contribution in [1.29, 1.82) is 0 Å². The van der Waals surface area contributed by atoms with Crippen LogP contribution < -0.4 is 9.21 Å². The van der Waals surface area contributed by atoms with Crippen molar-refractivity contribution in [2.45, 2.75) is 6.42 Å². The van der Waals surface area contributed by atoms with E-state index in [0.717, 1.165) is 18.8 Å². The van der Waals surface area contributed by atoms with Crippen molar-refractivity contribution < 1.29 is 13.2 Å². The van der Waals surface area contributed by atoms with Crippen LogP contribution in [0.15, 0.2) is 48.5 Å². The van der Waals surface area contributed by atoms with E-state index in [2.05, 4.69) is 4.90 Å². The first kappa shape index (κ1) is 19.1. The topological polar surface area (TPSA) is 60.9 Å². The highest BCUT2D eigenvalue weighted by Gasteiger charge is 2.29. The first-order valence-corrected chi connectivity index (χ1v) is 11.3. The summed E-state index contributed by atoms with van der Waals surface area (Å²) in [7, 11) is -3.26. The fourth-order valence-corrected chi connectivity index (χ4v) is 5.41. The lowest BCUT2D eigenvalue weighted by atomic mass is 10.1. The van der Waals surface area contributed by atoms with E-state index in [1.54, 1.807) is 24.3 Å². The fraction of sp³-hybridized carbons (Fsp3) is 0.350. The van der Waals surface area contributed by atoms with Crippen LogP contribution in [0.2, 0.25) is 5.02 Å². The molecule has 2 fully saturated rings. The Balaban J connectivity index is 1.44. The third-order valence-electron chi connectivity index (χ3n) is 5.24. The Kier molecular flexibility index (Phi) is 5.21. The number of hydrogen-bond acceptors (Lipinski definition) is 4. The molecular weight excluding hydrogens is 398 g/mol. The summed E-state index contributed by atoms with van der Waals surface area (Å²) in [6, 6.07) is 14.6. The van der Waals surface area contributed by atoms with Gasteiger partial charge in [0, 0.05) is 49.0 Å². The molecule has 0 aliphatic carbocycles. The lowest BCUT2D eigenvalue weighted by Gasteiger charge is -2.36. The molecular formula is C20H22ClN3O3S. The smallest absolute Gasteiger partial charge is 0.254 e. The van der Waals surface area contributed by atoms with E-state index in [-0.39, 0.29) is 11.7 Å². The number of carbonyl (C=O) groups excluding carboxylic acids is 1. The Bertz CT molecular complexity index is 970. The number of benzene rings is 2. The van der Waals surface area contributed by atoms with Gasteiger partial charge >= 0.3 is 0 Å². The molecule has 2 aliphatic heterocycles. The molecule has 0 atom stereocenters. The molecule has 4 rings (SSSR count). The lowest BCUT2D eigenvalue weighted by molar-refractivity contribution is 0.0747. The van der Waals surface area contributed by atoms with Crippen molar-refractivity contribution in [2.75, 3.05) is 47.7 Å². The minimum atomic E-state index is -3.26. The molecule has 148 valence electrons. The van der Waals surface area contributed by atoms with Gasteiger partial charge in [-0.3, -0.25) is 9.10 Å². The zero-order chi connectivity index (χ0) is 19.7. The maximum atomic E-state index is 12.9. The number of rotatable bonds is 3. The van der Waals surface area contributed by atoms with Crippen molar-refractivity contribution >= 4 is 38.9 Å². The van der Waals surface area contributed by atoms with E-state index < -0.39 is 10.0 Å². The molecule has 0 aromatic heterocycles. The van der Waals surface area contributed by atoms with Crippen molar-refractivity contribution in [1.82, 2.24) is 4.90 Å². The number of hydrogen-bond donors (Lipinski definition) is 0. The second kappa shape index (κ2) is 7.64. The number of sulfonamides is 1. The first-order chi connectivity index (χ1) is 13.4. The molecule has 0 radical (unpaired) electrons. The number of carbonyl (C=O) groups is 1. The molecule has 1 amide bonds. The maximum absolute atomic E-state index is 12.9. The summed E-state index contributed by atoms with van der Waals surface area (Å²) in [5.41, 5.74) is 2.19. The van der Waals surface area contributed by atoms with Crippen LogP contribution in [-0.4, -0.2) is 57.7 Å². The highest BCUT2D eigenvalue weighted by atomic mass is 35.5. The third-order valence-corrected chi connectivity index (χ3v) is 7.36. The van der Waals surface area contributed by atoms with E-state index in [9.17, 15) is 13.2 Å². The number of nitrogens with zero attached hydrogens (tertiary/aromatic N) is 3. The van der Waals surface area contributed by atoms with Crippen LogP contribution in [0.5, 0.6) is 0 Å². The standard InChI is InChI=1S/C20H22ClN3O3S/c21-17-5-7-18(8-6-17)22-10-12-23(13-11-22)20(25)16-3-1-4-19(15-16)24-9-2-14-28(24,26)27/h1,3-8,15H,2,9-14H2. The van der Waals surface area contributed by atoms with Gasteiger partial charge in [0.05, 0.1) is 11.4 Å². The lowest BCUT2D eigenvalue weighted by Crippen LogP contribution is -2.48. The van der Waals surface area contributed by atoms with E-state index in [0.29, 0.717) is 42.3 Å². The van der Waals surface area contributed by atoms with Crippen LogP contribution in [0.3, 0.4) is 0 Å². The normalized spacial score (nSPS) is 19.1. The van der Waals surface area contributed by atoms with Crippen LogP contribution in [0.4, 0.5) is 11.4 Å². The van der Waals surface area contributed by atoms with E-state index in [4.69, 9.17) is 11.6 Å². The number of anilines is 2. The number of amides is 1. The Hall–Kier alpha value is -2.25. The maximum Gasteiger partial charge on any atom is 0.254 e. The molecule has 2 heterocycles. The van der Waals surface area contributed by atoms with Crippen LogP contribution in [0, 0.1) is 0 Å². The monoisotopic (exact) mass is 419 g/mol. The predicted molar refractivity (Wildman–Crippen MR) is 112 cm³/mol. The highest BCUT2D eigenvalue weighted by Crippen LogP contribution is 2.26. The van der Waals surface area contributed by atoms with Crippen molar-refractivity contribution in [3.8, 4) is 0 Å². The minimum absolute atomic E-state index is 0.0609. The molecule has 0 unspecified atom stereocenters. The van der Waals surface area contributed by atoms with Crippen molar-refractivity contribution in [3.05, 3.63) is 59.1 Å². The van der Waals surface area contributed by atoms with Crippen LogP contribution in [0.25, 0.3) is 0 Å². The van der Waals surface area contributed by atoms with Crippen LogP contribution in [0.1, 0.15) is 16.8 Å². The highest BCUT2D eigenvalue weighted by molar-refractivity contribution is 7.93. The Morgan fingerprint density at radius 1 is 0.893 bits per heavy atom. The summed E-state index contributed by atoms with van der Waals surface area (Å²) >= 11 is 5.95. The van der Waals surface area contributed by atoms with Crippen LogP contribution >= 0.6 is 11.6 Å². The Morgan fingerprint density at radius 2 is 1.61 bits per heavy atom. The molecule has 2 aromatic rings. The predicted octanol–water partition coefficient (Wildman–Crippen LogP) is 2.84. The summed E-state index contributed by atoms with van der Waals surface area (Å²) in [5.74, 6) is 0.104. The number of piperazine rings is 1. The van der Waals surface area contributed by atoms with E-state index in [1.807, 2.05) is 29.2 Å². The Labute approximate surface area is 170 Å². The zero-order valence-electron chi connectivity index (χ0n) is 15.4. The second-order valence-electron chi connectivity index (χ2n) is 7.05. The third kappa shape index (κ3) is 3.82. The molecule has 0 spiro atoms. The summed E-state index contributed by atoms with van der Waals surface area (Å²) in [4.78, 5) is 17.0. The quantitative estimate of drug-likeness (QED) is 0.767. The van der Waals surface area contributed by atoms with Gasteiger partial charge in [-0.1, -0.05) is 17.7 Å². The SMILES string of the molecule is O=C(c1cccc(N2CCCS2(=O)=O)c1)N1CCN(c2ccc(Cl)cc2)CC1. The summed E-state index contributed by atoms with van der Waals surface area (Å²) in [6.45, 7) is 3.20.